The Balaban J connectivity index is 1.82. The lowest BCUT2D eigenvalue weighted by Crippen LogP contribution is -2.40. The van der Waals surface area contributed by atoms with Crippen LogP contribution in [0, 0.1) is 0 Å². The molecule has 0 aliphatic heterocycles. The number of rotatable bonds is 4. The molecule has 0 aromatic heterocycles. The van der Waals surface area contributed by atoms with Crippen LogP contribution in [0.3, 0.4) is 0 Å². The highest BCUT2D eigenvalue weighted by Crippen LogP contribution is 2.19. The fraction of sp³-hybridized carbons (Fsp3) is 0.462. The van der Waals surface area contributed by atoms with Gasteiger partial charge in [-0.25, -0.2) is 0 Å². The topological polar surface area (TPSA) is 55.1 Å². The van der Waals surface area contributed by atoms with Crippen LogP contribution >= 0.6 is 0 Å². The highest BCUT2D eigenvalue weighted by molar-refractivity contribution is 5.77. The predicted octanol–water partition coefficient (Wildman–Crippen LogP) is 1.75. The van der Waals surface area contributed by atoms with E-state index in [1.807, 2.05) is 30.3 Å². The minimum atomic E-state index is -0.193. The van der Waals surface area contributed by atoms with Crippen LogP contribution in [0.4, 0.5) is 0 Å². The average Bonchev–Trinajstić information content (AvgIpc) is 2.25. The number of hydrogen-bond donors (Lipinski definition) is 2. The fourth-order valence-corrected chi connectivity index (χ4v) is 1.86. The summed E-state index contributed by atoms with van der Waals surface area (Å²) in [4.78, 5) is 11.6. The number of hydrogen-bond acceptors (Lipinski definition) is 2. The fourth-order valence-electron chi connectivity index (χ4n) is 1.86. The second kappa shape index (κ2) is 5.12. The van der Waals surface area contributed by atoms with E-state index in [0.29, 0.717) is 12.5 Å². The number of nitrogens with one attached hydrogen (secondary N) is 1. The van der Waals surface area contributed by atoms with Gasteiger partial charge >= 0.3 is 0 Å². The molecule has 0 heterocycles. The molecule has 3 nitrogen and oxygen atoms in total. The van der Waals surface area contributed by atoms with Gasteiger partial charge in [0.2, 0.25) is 5.91 Å². The third-order valence-electron chi connectivity index (χ3n) is 3.10. The molecular formula is C13H18N2O. The van der Waals surface area contributed by atoms with Crippen LogP contribution in [0.1, 0.15) is 37.3 Å². The van der Waals surface area contributed by atoms with Crippen molar-refractivity contribution in [2.24, 2.45) is 5.73 Å². The second-order valence-electron chi connectivity index (χ2n) is 4.42. The third-order valence-corrected chi connectivity index (χ3v) is 3.10. The quantitative estimate of drug-likeness (QED) is 0.809. The summed E-state index contributed by atoms with van der Waals surface area (Å²) < 4.78 is 0. The van der Waals surface area contributed by atoms with Gasteiger partial charge in [0.15, 0.2) is 0 Å². The Kier molecular flexibility index (Phi) is 3.57. The molecule has 1 fully saturated rings. The Hall–Kier alpha value is -1.35. The van der Waals surface area contributed by atoms with E-state index in [4.69, 9.17) is 5.73 Å². The van der Waals surface area contributed by atoms with Crippen molar-refractivity contribution in [2.45, 2.75) is 37.8 Å². The summed E-state index contributed by atoms with van der Waals surface area (Å²) in [6.07, 6.45) is 3.84. The summed E-state index contributed by atoms with van der Waals surface area (Å²) in [6, 6.07) is 9.96. The number of carbonyl (C=O) groups is 1. The minimum Gasteiger partial charge on any atom is -0.353 e. The molecule has 0 bridgehead atoms. The first-order valence-corrected chi connectivity index (χ1v) is 5.85. The van der Waals surface area contributed by atoms with Crippen LogP contribution in [0.25, 0.3) is 0 Å². The van der Waals surface area contributed by atoms with Crippen molar-refractivity contribution in [3.05, 3.63) is 35.9 Å². The maximum absolute atomic E-state index is 11.6. The summed E-state index contributed by atoms with van der Waals surface area (Å²) in [5.74, 6) is 0.0704. The largest absolute Gasteiger partial charge is 0.353 e. The molecule has 3 N–H and O–H groups in total. The molecule has 1 amide bonds. The summed E-state index contributed by atoms with van der Waals surface area (Å²) in [7, 11) is 0. The lowest BCUT2D eigenvalue weighted by Gasteiger charge is -2.27. The van der Waals surface area contributed by atoms with Gasteiger partial charge in [0.1, 0.15) is 0 Å². The molecular weight excluding hydrogens is 200 g/mol. The van der Waals surface area contributed by atoms with E-state index >= 15 is 0 Å². The Bertz CT molecular complexity index is 346. The SMILES string of the molecule is NC(CC(=O)NC1CCC1)c1ccccc1. The van der Waals surface area contributed by atoms with Crippen LogP contribution in [-0.4, -0.2) is 11.9 Å². The van der Waals surface area contributed by atoms with Crippen molar-refractivity contribution in [3.63, 3.8) is 0 Å². The monoisotopic (exact) mass is 218 g/mol. The van der Waals surface area contributed by atoms with Crippen LogP contribution in [-0.2, 0) is 4.79 Å². The average molecular weight is 218 g/mol. The van der Waals surface area contributed by atoms with Crippen molar-refractivity contribution in [3.8, 4) is 0 Å². The first kappa shape index (κ1) is 11.1. The molecule has 0 spiro atoms. The number of nitrogens with two attached hydrogens (primary N) is 1. The van der Waals surface area contributed by atoms with E-state index in [0.717, 1.165) is 18.4 Å². The first-order valence-electron chi connectivity index (χ1n) is 5.85. The lowest BCUT2D eigenvalue weighted by atomic mass is 9.93. The van der Waals surface area contributed by atoms with E-state index in [-0.39, 0.29) is 11.9 Å². The second-order valence-corrected chi connectivity index (χ2v) is 4.42. The van der Waals surface area contributed by atoms with Crippen molar-refractivity contribution >= 4 is 5.91 Å². The van der Waals surface area contributed by atoms with Crippen LogP contribution in [0.15, 0.2) is 30.3 Å². The molecule has 86 valence electrons. The molecule has 1 aromatic carbocycles. The van der Waals surface area contributed by atoms with Gasteiger partial charge in [-0.15, -0.1) is 0 Å². The highest BCUT2D eigenvalue weighted by Gasteiger charge is 2.20. The van der Waals surface area contributed by atoms with E-state index in [9.17, 15) is 4.79 Å². The summed E-state index contributed by atoms with van der Waals surface area (Å²) >= 11 is 0. The number of amides is 1. The smallest absolute Gasteiger partial charge is 0.222 e. The molecule has 1 aliphatic rings. The Morgan fingerprint density at radius 1 is 1.38 bits per heavy atom. The van der Waals surface area contributed by atoms with E-state index in [2.05, 4.69) is 5.32 Å². The van der Waals surface area contributed by atoms with Gasteiger partial charge in [-0.2, -0.15) is 0 Å². The van der Waals surface area contributed by atoms with Crippen molar-refractivity contribution in [1.29, 1.82) is 0 Å². The molecule has 0 saturated heterocycles. The van der Waals surface area contributed by atoms with Crippen LogP contribution < -0.4 is 11.1 Å². The molecule has 16 heavy (non-hydrogen) atoms. The Morgan fingerprint density at radius 3 is 2.62 bits per heavy atom. The van der Waals surface area contributed by atoms with Crippen molar-refractivity contribution < 1.29 is 4.79 Å². The molecule has 1 aliphatic carbocycles. The molecule has 2 rings (SSSR count). The zero-order chi connectivity index (χ0) is 11.4. The third kappa shape index (κ3) is 2.83. The summed E-state index contributed by atoms with van der Waals surface area (Å²) in [5.41, 5.74) is 6.99. The number of benzene rings is 1. The van der Waals surface area contributed by atoms with Crippen LogP contribution in [0.2, 0.25) is 0 Å². The van der Waals surface area contributed by atoms with Gasteiger partial charge < -0.3 is 11.1 Å². The normalized spacial score (nSPS) is 17.6. The van der Waals surface area contributed by atoms with Crippen LogP contribution in [0.5, 0.6) is 0 Å². The van der Waals surface area contributed by atoms with E-state index in [1.165, 1.54) is 6.42 Å². The highest BCUT2D eigenvalue weighted by atomic mass is 16.1. The Labute approximate surface area is 96.0 Å². The zero-order valence-electron chi connectivity index (χ0n) is 9.36. The van der Waals surface area contributed by atoms with Crippen molar-refractivity contribution in [1.82, 2.24) is 5.32 Å². The van der Waals surface area contributed by atoms with Gasteiger partial charge in [-0.05, 0) is 24.8 Å². The van der Waals surface area contributed by atoms with E-state index in [1.54, 1.807) is 0 Å². The van der Waals surface area contributed by atoms with Gasteiger partial charge in [-0.1, -0.05) is 30.3 Å². The maximum atomic E-state index is 11.6. The summed E-state index contributed by atoms with van der Waals surface area (Å²) in [6.45, 7) is 0. The molecule has 1 aromatic rings. The van der Waals surface area contributed by atoms with Gasteiger partial charge in [0.05, 0.1) is 0 Å². The molecule has 3 heteroatoms. The van der Waals surface area contributed by atoms with Gasteiger partial charge in [0.25, 0.3) is 0 Å². The Morgan fingerprint density at radius 2 is 2.06 bits per heavy atom. The molecule has 1 unspecified atom stereocenters. The van der Waals surface area contributed by atoms with Gasteiger partial charge in [-0.3, -0.25) is 4.79 Å². The van der Waals surface area contributed by atoms with Gasteiger partial charge in [0, 0.05) is 18.5 Å². The minimum absolute atomic E-state index is 0.0704. The number of carbonyl (C=O) groups excluding carboxylic acids is 1. The van der Waals surface area contributed by atoms with Crippen molar-refractivity contribution in [2.75, 3.05) is 0 Å². The molecule has 0 radical (unpaired) electrons. The lowest BCUT2D eigenvalue weighted by molar-refractivity contribution is -0.122. The standard InChI is InChI=1S/C13H18N2O/c14-12(10-5-2-1-3-6-10)9-13(16)15-11-7-4-8-11/h1-3,5-6,11-12H,4,7-9,14H2,(H,15,16). The predicted molar refractivity (Wildman–Crippen MR) is 63.8 cm³/mol. The summed E-state index contributed by atoms with van der Waals surface area (Å²) in [5, 5.41) is 3.00. The van der Waals surface area contributed by atoms with E-state index < -0.39 is 0 Å². The zero-order valence-corrected chi connectivity index (χ0v) is 9.36. The first-order chi connectivity index (χ1) is 7.75. The molecule has 1 saturated carbocycles. The molecule has 1 atom stereocenters. The maximum Gasteiger partial charge on any atom is 0.222 e.